The third-order valence-corrected chi connectivity index (χ3v) is 5.71. The number of nitro groups is 1. The van der Waals surface area contributed by atoms with Crippen LogP contribution >= 0.6 is 0 Å². The molecule has 0 saturated carbocycles. The number of rotatable bonds is 7. The average Bonchev–Trinajstić information content (AvgIpc) is 3.01. The maximum absolute atomic E-state index is 12.5. The lowest BCUT2D eigenvalue weighted by Crippen LogP contribution is -2.44. The lowest BCUT2D eigenvalue weighted by Gasteiger charge is -2.32. The number of hydrogen-bond donors (Lipinski definition) is 1. The van der Waals surface area contributed by atoms with Crippen LogP contribution in [0.15, 0.2) is 18.2 Å². The van der Waals surface area contributed by atoms with E-state index < -0.39 is 28.8 Å². The zero-order chi connectivity index (χ0) is 24.3. The van der Waals surface area contributed by atoms with E-state index in [1.54, 1.807) is 4.90 Å². The normalized spacial score (nSPS) is 16.7. The van der Waals surface area contributed by atoms with Crippen molar-refractivity contribution in [3.8, 4) is 0 Å². The molecule has 1 aromatic carbocycles. The van der Waals surface area contributed by atoms with Gasteiger partial charge in [0.1, 0.15) is 0 Å². The summed E-state index contributed by atoms with van der Waals surface area (Å²) < 4.78 is 36.7. The molecule has 2 aliphatic heterocycles. The van der Waals surface area contributed by atoms with Crippen molar-refractivity contribution in [2.75, 3.05) is 26.2 Å². The number of non-ortho nitro benzene ring substituents is 1. The third-order valence-electron chi connectivity index (χ3n) is 5.71. The number of imide groups is 1. The Labute approximate surface area is 185 Å². The first kappa shape index (κ1) is 24.1. The van der Waals surface area contributed by atoms with Crippen LogP contribution in [-0.4, -0.2) is 70.7 Å². The highest BCUT2D eigenvalue weighted by Gasteiger charge is 2.39. The van der Waals surface area contributed by atoms with Crippen molar-refractivity contribution in [1.82, 2.24) is 15.1 Å². The summed E-state index contributed by atoms with van der Waals surface area (Å²) in [6.07, 6.45) is -3.77. The van der Waals surface area contributed by atoms with E-state index in [-0.39, 0.29) is 54.6 Å². The second kappa shape index (κ2) is 9.55. The van der Waals surface area contributed by atoms with Gasteiger partial charge in [0.2, 0.25) is 5.91 Å². The van der Waals surface area contributed by atoms with Crippen LogP contribution in [0.2, 0.25) is 0 Å². The maximum atomic E-state index is 12.5. The fourth-order valence-electron chi connectivity index (χ4n) is 3.87. The van der Waals surface area contributed by atoms with Gasteiger partial charge in [-0.1, -0.05) is 0 Å². The highest BCUT2D eigenvalue weighted by molar-refractivity contribution is 6.21. The molecule has 0 unspecified atom stereocenters. The van der Waals surface area contributed by atoms with E-state index >= 15 is 0 Å². The van der Waals surface area contributed by atoms with Gasteiger partial charge in [-0.05, 0) is 31.2 Å². The fourth-order valence-corrected chi connectivity index (χ4v) is 3.87. The predicted molar refractivity (Wildman–Crippen MR) is 106 cm³/mol. The molecular formula is C20H21F3N4O6. The van der Waals surface area contributed by atoms with Gasteiger partial charge in [-0.3, -0.25) is 34.2 Å². The molecule has 4 amide bonds. The lowest BCUT2D eigenvalue weighted by atomic mass is 9.96. The molecular weight excluding hydrogens is 449 g/mol. The van der Waals surface area contributed by atoms with Gasteiger partial charge in [-0.2, -0.15) is 13.2 Å². The molecule has 0 bridgehead atoms. The van der Waals surface area contributed by atoms with E-state index in [4.69, 9.17) is 0 Å². The van der Waals surface area contributed by atoms with Crippen LogP contribution in [-0.2, 0) is 9.59 Å². The number of fused-ring (bicyclic) bond motifs is 1. The molecule has 1 N–H and O–H groups in total. The van der Waals surface area contributed by atoms with Crippen molar-refractivity contribution < 1.29 is 37.3 Å². The molecule has 3 rings (SSSR count). The summed E-state index contributed by atoms with van der Waals surface area (Å²) in [6.45, 7) is 0.536. The number of nitrogens with one attached hydrogen (secondary N) is 1. The Morgan fingerprint density at radius 1 is 1.12 bits per heavy atom. The minimum atomic E-state index is -4.93. The minimum Gasteiger partial charge on any atom is -0.348 e. The van der Waals surface area contributed by atoms with Gasteiger partial charge >= 0.3 is 12.1 Å². The van der Waals surface area contributed by atoms with Gasteiger partial charge in [-0.15, -0.1) is 0 Å². The number of amides is 4. The van der Waals surface area contributed by atoms with Crippen molar-refractivity contribution in [1.29, 1.82) is 0 Å². The summed E-state index contributed by atoms with van der Waals surface area (Å²) in [5, 5.41) is 12.7. The van der Waals surface area contributed by atoms with Gasteiger partial charge in [0, 0.05) is 44.7 Å². The van der Waals surface area contributed by atoms with Crippen LogP contribution < -0.4 is 5.32 Å². The summed E-state index contributed by atoms with van der Waals surface area (Å²) in [5.41, 5.74) is -0.259. The molecule has 10 nitrogen and oxygen atoms in total. The number of piperidine rings is 1. The van der Waals surface area contributed by atoms with Gasteiger partial charge in [0.05, 0.1) is 16.1 Å². The van der Waals surface area contributed by atoms with E-state index in [2.05, 4.69) is 0 Å². The van der Waals surface area contributed by atoms with E-state index in [1.165, 1.54) is 6.07 Å². The van der Waals surface area contributed by atoms with Gasteiger partial charge in [0.25, 0.3) is 17.5 Å². The van der Waals surface area contributed by atoms with Gasteiger partial charge in [0.15, 0.2) is 0 Å². The molecule has 1 fully saturated rings. The summed E-state index contributed by atoms with van der Waals surface area (Å²) in [7, 11) is 0. The third kappa shape index (κ3) is 5.46. The first-order valence-corrected chi connectivity index (χ1v) is 10.3. The Morgan fingerprint density at radius 3 is 2.36 bits per heavy atom. The van der Waals surface area contributed by atoms with Crippen molar-refractivity contribution in [2.24, 2.45) is 5.92 Å². The summed E-state index contributed by atoms with van der Waals surface area (Å²) in [5.74, 6) is -3.57. The van der Waals surface area contributed by atoms with Crippen LogP contribution in [0.3, 0.4) is 0 Å². The standard InChI is InChI=1S/C20H21F3N4O6/c21-20(22,23)19(31)24-11-12-5-8-25(9-6-12)16(28)2-1-7-26-17(29)14-4-3-13(27(32)33)10-15(14)18(26)30/h3-4,10,12H,1-2,5-9,11H2,(H,24,31). The first-order chi connectivity index (χ1) is 15.5. The van der Waals surface area contributed by atoms with Crippen molar-refractivity contribution in [2.45, 2.75) is 31.9 Å². The highest BCUT2D eigenvalue weighted by Crippen LogP contribution is 2.27. The van der Waals surface area contributed by atoms with E-state index in [9.17, 15) is 42.5 Å². The number of carbonyl (C=O) groups excluding carboxylic acids is 4. The predicted octanol–water partition coefficient (Wildman–Crippen LogP) is 1.89. The quantitative estimate of drug-likeness (QED) is 0.368. The maximum Gasteiger partial charge on any atom is 0.471 e. The minimum absolute atomic E-state index is 0.0220. The van der Waals surface area contributed by atoms with Gasteiger partial charge in [-0.25, -0.2) is 0 Å². The molecule has 2 aliphatic rings. The van der Waals surface area contributed by atoms with E-state index in [0.29, 0.717) is 25.9 Å². The van der Waals surface area contributed by atoms with Crippen LogP contribution in [0.5, 0.6) is 0 Å². The molecule has 0 aliphatic carbocycles. The fraction of sp³-hybridized carbons (Fsp3) is 0.500. The molecule has 0 spiro atoms. The summed E-state index contributed by atoms with van der Waals surface area (Å²) in [6, 6.07) is 3.44. The largest absolute Gasteiger partial charge is 0.471 e. The van der Waals surface area contributed by atoms with Crippen molar-refractivity contribution in [3.63, 3.8) is 0 Å². The second-order valence-electron chi connectivity index (χ2n) is 7.88. The highest BCUT2D eigenvalue weighted by atomic mass is 19.4. The van der Waals surface area contributed by atoms with Crippen molar-refractivity contribution >= 4 is 29.3 Å². The molecule has 178 valence electrons. The van der Waals surface area contributed by atoms with Crippen LogP contribution in [0, 0.1) is 16.0 Å². The topological polar surface area (TPSA) is 130 Å². The number of alkyl halides is 3. The Kier molecular flexibility index (Phi) is 6.98. The van der Waals surface area contributed by atoms with E-state index in [0.717, 1.165) is 17.0 Å². The zero-order valence-corrected chi connectivity index (χ0v) is 17.4. The smallest absolute Gasteiger partial charge is 0.348 e. The Hall–Kier alpha value is -3.51. The number of carbonyl (C=O) groups is 4. The zero-order valence-electron chi connectivity index (χ0n) is 17.4. The monoisotopic (exact) mass is 470 g/mol. The number of likely N-dealkylation sites (tertiary alicyclic amines) is 1. The number of benzene rings is 1. The molecule has 1 aromatic rings. The number of nitrogens with zero attached hydrogens (tertiary/aromatic N) is 3. The van der Waals surface area contributed by atoms with Crippen LogP contribution in [0.4, 0.5) is 18.9 Å². The Balaban J connectivity index is 1.43. The van der Waals surface area contributed by atoms with Crippen molar-refractivity contribution in [3.05, 3.63) is 39.4 Å². The molecule has 2 heterocycles. The average molecular weight is 470 g/mol. The Morgan fingerprint density at radius 2 is 1.76 bits per heavy atom. The van der Waals surface area contributed by atoms with Crippen LogP contribution in [0.1, 0.15) is 46.4 Å². The second-order valence-corrected chi connectivity index (χ2v) is 7.88. The molecule has 0 atom stereocenters. The lowest BCUT2D eigenvalue weighted by molar-refractivity contribution is -0.384. The molecule has 0 aromatic heterocycles. The van der Waals surface area contributed by atoms with E-state index in [1.807, 2.05) is 5.32 Å². The summed E-state index contributed by atoms with van der Waals surface area (Å²) >= 11 is 0. The number of halogens is 3. The number of nitro benzene ring substituents is 1. The molecule has 13 heteroatoms. The number of hydrogen-bond acceptors (Lipinski definition) is 6. The van der Waals surface area contributed by atoms with Crippen LogP contribution in [0.25, 0.3) is 0 Å². The SMILES string of the molecule is O=C(CCCN1C(=O)c2ccc([N+](=O)[O-])cc2C1=O)N1CCC(CNC(=O)C(F)(F)F)CC1. The molecule has 0 radical (unpaired) electrons. The van der Waals surface area contributed by atoms with Gasteiger partial charge < -0.3 is 10.2 Å². The summed E-state index contributed by atoms with van der Waals surface area (Å²) in [4.78, 5) is 60.9. The Bertz CT molecular complexity index is 989. The molecule has 33 heavy (non-hydrogen) atoms. The first-order valence-electron chi connectivity index (χ1n) is 10.3. The molecule has 1 saturated heterocycles.